The van der Waals surface area contributed by atoms with Crippen molar-refractivity contribution in [2.75, 3.05) is 58.4 Å². The highest BCUT2D eigenvalue weighted by Crippen LogP contribution is 2.42. The van der Waals surface area contributed by atoms with Crippen molar-refractivity contribution in [1.29, 1.82) is 0 Å². The monoisotopic (exact) mass is 408 g/mol. The van der Waals surface area contributed by atoms with Crippen molar-refractivity contribution in [3.63, 3.8) is 0 Å². The lowest BCUT2D eigenvalue weighted by molar-refractivity contribution is -0.145. The fourth-order valence-corrected chi connectivity index (χ4v) is 4.64. The molecule has 28 heavy (non-hydrogen) atoms. The summed E-state index contributed by atoms with van der Waals surface area (Å²) in [4.78, 5) is 28.4. The summed E-state index contributed by atoms with van der Waals surface area (Å²) in [5, 5.41) is -0.0874. The lowest BCUT2D eigenvalue weighted by Gasteiger charge is -2.29. The Morgan fingerprint density at radius 1 is 1.25 bits per heavy atom. The fourth-order valence-electron chi connectivity index (χ4n) is 3.40. The molecule has 2 heterocycles. The zero-order valence-corrected chi connectivity index (χ0v) is 17.1. The molecule has 0 spiro atoms. The molecule has 8 heteroatoms. The second-order valence-corrected chi connectivity index (χ2v) is 7.76. The lowest BCUT2D eigenvalue weighted by atomic mass is 10.1. The van der Waals surface area contributed by atoms with Crippen LogP contribution in [-0.4, -0.2) is 80.0 Å². The van der Waals surface area contributed by atoms with Gasteiger partial charge in [0.05, 0.1) is 25.6 Å². The zero-order chi connectivity index (χ0) is 19.8. The van der Waals surface area contributed by atoms with E-state index in [2.05, 4.69) is 4.90 Å². The van der Waals surface area contributed by atoms with Gasteiger partial charge in [-0.15, -0.1) is 11.8 Å². The van der Waals surface area contributed by atoms with Gasteiger partial charge in [-0.25, -0.2) is 4.79 Å². The van der Waals surface area contributed by atoms with E-state index in [1.165, 1.54) is 0 Å². The number of hydrogen-bond donors (Lipinski definition) is 0. The number of thioether (sulfide) groups is 1. The number of para-hydroxylation sites is 1. The predicted octanol–water partition coefficient (Wildman–Crippen LogP) is 1.92. The van der Waals surface area contributed by atoms with Gasteiger partial charge in [-0.05, 0) is 19.4 Å². The van der Waals surface area contributed by atoms with Crippen LogP contribution in [0.4, 0.5) is 0 Å². The van der Waals surface area contributed by atoms with Crippen LogP contribution in [0.3, 0.4) is 0 Å². The summed E-state index contributed by atoms with van der Waals surface area (Å²) in [6.07, 6.45) is 0.925. The van der Waals surface area contributed by atoms with Crippen LogP contribution in [0.5, 0.6) is 5.75 Å². The summed E-state index contributed by atoms with van der Waals surface area (Å²) in [6, 6.07) is 7.60. The topological polar surface area (TPSA) is 68.3 Å². The smallest absolute Gasteiger partial charge is 0.344 e. The quantitative estimate of drug-likeness (QED) is 0.578. The highest BCUT2D eigenvalue weighted by molar-refractivity contribution is 8.00. The van der Waals surface area contributed by atoms with Crippen LogP contribution >= 0.6 is 11.8 Å². The van der Waals surface area contributed by atoms with Gasteiger partial charge in [-0.3, -0.25) is 9.69 Å². The third-order valence-electron chi connectivity index (χ3n) is 4.78. The third kappa shape index (κ3) is 5.62. The van der Waals surface area contributed by atoms with Crippen molar-refractivity contribution in [2.24, 2.45) is 0 Å². The standard InChI is InChI=1S/C20H28N2O5S/c1-2-26-19(24)14-27-17-7-4-3-6-16(17)20-22(18(23)15-28-20)9-5-8-21-10-12-25-13-11-21/h3-4,6-7,20H,2,5,8-15H2,1H3. The van der Waals surface area contributed by atoms with Crippen LogP contribution in [0.2, 0.25) is 0 Å². The minimum Gasteiger partial charge on any atom is -0.482 e. The van der Waals surface area contributed by atoms with Crippen LogP contribution in [0.25, 0.3) is 0 Å². The molecule has 154 valence electrons. The van der Waals surface area contributed by atoms with Crippen LogP contribution in [0.15, 0.2) is 24.3 Å². The Morgan fingerprint density at radius 2 is 2.04 bits per heavy atom. The first kappa shape index (κ1) is 21.0. The summed E-state index contributed by atoms with van der Waals surface area (Å²) in [6.45, 7) is 7.11. The zero-order valence-electron chi connectivity index (χ0n) is 16.3. The van der Waals surface area contributed by atoms with E-state index < -0.39 is 5.97 Å². The summed E-state index contributed by atoms with van der Waals surface area (Å²) < 4.78 is 16.0. The van der Waals surface area contributed by atoms with Crippen molar-refractivity contribution >= 4 is 23.6 Å². The van der Waals surface area contributed by atoms with Gasteiger partial charge in [0.25, 0.3) is 0 Å². The van der Waals surface area contributed by atoms with Gasteiger partial charge < -0.3 is 19.1 Å². The average molecular weight is 409 g/mol. The average Bonchev–Trinajstić information content (AvgIpc) is 3.08. The first-order chi connectivity index (χ1) is 13.7. The lowest BCUT2D eigenvalue weighted by Crippen LogP contribution is -2.38. The molecule has 0 aromatic heterocycles. The molecular weight excluding hydrogens is 380 g/mol. The van der Waals surface area contributed by atoms with Crippen LogP contribution in [-0.2, 0) is 19.1 Å². The molecular formula is C20H28N2O5S. The molecule has 2 aliphatic heterocycles. The highest BCUT2D eigenvalue weighted by atomic mass is 32.2. The van der Waals surface area contributed by atoms with Crippen molar-refractivity contribution < 1.29 is 23.8 Å². The molecule has 3 rings (SSSR count). The van der Waals surface area contributed by atoms with Crippen molar-refractivity contribution in [3.8, 4) is 5.75 Å². The fraction of sp³-hybridized carbons (Fsp3) is 0.600. The molecule has 0 saturated carbocycles. The number of carbonyl (C=O) groups excluding carboxylic acids is 2. The molecule has 1 aromatic carbocycles. The number of nitrogens with zero attached hydrogens (tertiary/aromatic N) is 2. The Kier molecular flexibility index (Phi) is 8.00. The van der Waals surface area contributed by atoms with E-state index >= 15 is 0 Å². The third-order valence-corrected chi connectivity index (χ3v) is 6.02. The van der Waals surface area contributed by atoms with E-state index in [9.17, 15) is 9.59 Å². The molecule has 0 radical (unpaired) electrons. The molecule has 2 fully saturated rings. The van der Waals surface area contributed by atoms with E-state index in [-0.39, 0.29) is 17.9 Å². The van der Waals surface area contributed by atoms with Crippen molar-refractivity contribution in [2.45, 2.75) is 18.7 Å². The summed E-state index contributed by atoms with van der Waals surface area (Å²) in [7, 11) is 0. The number of hydrogen-bond acceptors (Lipinski definition) is 7. The molecule has 7 nitrogen and oxygen atoms in total. The first-order valence-corrected chi connectivity index (χ1v) is 10.8. The number of esters is 1. The Labute approximate surface area is 170 Å². The summed E-state index contributed by atoms with van der Waals surface area (Å²) in [5.74, 6) is 0.849. The van der Waals surface area contributed by atoms with Gasteiger partial charge in [0.15, 0.2) is 6.61 Å². The molecule has 0 bridgehead atoms. The van der Waals surface area contributed by atoms with Gasteiger partial charge in [0.2, 0.25) is 5.91 Å². The van der Waals surface area contributed by atoms with E-state index in [1.54, 1.807) is 18.7 Å². The van der Waals surface area contributed by atoms with Gasteiger partial charge >= 0.3 is 5.97 Å². The normalized spacial score (nSPS) is 20.4. The van der Waals surface area contributed by atoms with Gasteiger partial charge in [-0.1, -0.05) is 18.2 Å². The Balaban J connectivity index is 1.60. The molecule has 0 aliphatic carbocycles. The summed E-state index contributed by atoms with van der Waals surface area (Å²) in [5.41, 5.74) is 0.925. The Morgan fingerprint density at radius 3 is 2.82 bits per heavy atom. The molecule has 1 atom stereocenters. The van der Waals surface area contributed by atoms with Gasteiger partial charge in [0.1, 0.15) is 11.1 Å². The molecule has 0 N–H and O–H groups in total. The Bertz CT molecular complexity index is 666. The SMILES string of the molecule is CCOC(=O)COc1ccccc1C1SCC(=O)N1CCCN1CCOCC1. The van der Waals surface area contributed by atoms with E-state index in [0.29, 0.717) is 24.7 Å². The van der Waals surface area contributed by atoms with Crippen LogP contribution in [0.1, 0.15) is 24.3 Å². The number of ether oxygens (including phenoxy) is 3. The number of carbonyl (C=O) groups is 2. The molecule has 1 amide bonds. The minimum atomic E-state index is -0.394. The van der Waals surface area contributed by atoms with Crippen LogP contribution < -0.4 is 4.74 Å². The van der Waals surface area contributed by atoms with E-state index in [1.807, 2.05) is 29.2 Å². The van der Waals surface area contributed by atoms with Crippen LogP contribution in [0, 0.1) is 0 Å². The second-order valence-electron chi connectivity index (χ2n) is 6.69. The summed E-state index contributed by atoms with van der Waals surface area (Å²) >= 11 is 1.60. The number of rotatable bonds is 9. The van der Waals surface area contributed by atoms with E-state index in [0.717, 1.165) is 44.8 Å². The van der Waals surface area contributed by atoms with Gasteiger partial charge in [0, 0.05) is 31.7 Å². The van der Waals surface area contributed by atoms with Crippen molar-refractivity contribution in [3.05, 3.63) is 29.8 Å². The predicted molar refractivity (Wildman–Crippen MR) is 107 cm³/mol. The molecule has 2 saturated heterocycles. The largest absolute Gasteiger partial charge is 0.482 e. The first-order valence-electron chi connectivity index (χ1n) is 9.77. The van der Waals surface area contributed by atoms with Crippen molar-refractivity contribution in [1.82, 2.24) is 9.80 Å². The molecule has 2 aliphatic rings. The van der Waals surface area contributed by atoms with Gasteiger partial charge in [-0.2, -0.15) is 0 Å². The maximum atomic E-state index is 12.5. The minimum absolute atomic E-state index is 0.0874. The Hall–Kier alpha value is -1.77. The highest BCUT2D eigenvalue weighted by Gasteiger charge is 2.34. The maximum Gasteiger partial charge on any atom is 0.344 e. The van der Waals surface area contributed by atoms with E-state index in [4.69, 9.17) is 14.2 Å². The number of benzene rings is 1. The molecule has 1 aromatic rings. The molecule has 1 unspecified atom stereocenters. The maximum absolute atomic E-state index is 12.5. The number of morpholine rings is 1. The second kappa shape index (κ2) is 10.7. The number of amides is 1.